The van der Waals surface area contributed by atoms with Gasteiger partial charge in [-0.1, -0.05) is 13.8 Å². The van der Waals surface area contributed by atoms with Crippen LogP contribution < -0.4 is 11.1 Å². The van der Waals surface area contributed by atoms with E-state index in [-0.39, 0.29) is 12.3 Å². The molecule has 0 aliphatic heterocycles. The highest BCUT2D eigenvalue weighted by atomic mass is 32.1. The van der Waals surface area contributed by atoms with E-state index in [0.717, 1.165) is 36.1 Å². The van der Waals surface area contributed by atoms with Gasteiger partial charge in [0.2, 0.25) is 5.91 Å². The van der Waals surface area contributed by atoms with Crippen LogP contribution in [0.25, 0.3) is 0 Å². The minimum atomic E-state index is -1.08. The van der Waals surface area contributed by atoms with Crippen LogP contribution >= 0.6 is 11.3 Å². The molecule has 1 aliphatic rings. The van der Waals surface area contributed by atoms with Gasteiger partial charge >= 0.3 is 5.97 Å². The predicted molar refractivity (Wildman–Crippen MR) is 93.4 cm³/mol. The van der Waals surface area contributed by atoms with Crippen molar-refractivity contribution in [3.63, 3.8) is 0 Å². The molecule has 132 valence electrons. The lowest BCUT2D eigenvalue weighted by Gasteiger charge is -2.25. The molecule has 0 radical (unpaired) electrons. The Bertz CT molecular complexity index is 662. The van der Waals surface area contributed by atoms with E-state index in [1.54, 1.807) is 13.8 Å². The molecule has 0 saturated carbocycles. The second kappa shape index (κ2) is 7.34. The lowest BCUT2D eigenvalue weighted by Crippen LogP contribution is -2.34. The number of hydrogen-bond donors (Lipinski definition) is 3. The normalized spacial score (nSPS) is 14.1. The molecule has 1 heterocycles. The number of carboxylic acid groups (broad SMARTS) is 1. The number of anilines is 1. The van der Waals surface area contributed by atoms with Gasteiger partial charge in [0, 0.05) is 11.3 Å². The zero-order valence-corrected chi connectivity index (χ0v) is 14.9. The summed E-state index contributed by atoms with van der Waals surface area (Å²) < 4.78 is 0. The summed E-state index contributed by atoms with van der Waals surface area (Å²) in [6, 6.07) is 0. The van der Waals surface area contributed by atoms with Crippen molar-refractivity contribution in [2.75, 3.05) is 5.32 Å². The van der Waals surface area contributed by atoms with Crippen LogP contribution in [0.2, 0.25) is 0 Å². The fourth-order valence-corrected chi connectivity index (χ4v) is 4.58. The molecule has 0 aromatic carbocycles. The Kier molecular flexibility index (Phi) is 5.64. The van der Waals surface area contributed by atoms with Crippen LogP contribution in [0.3, 0.4) is 0 Å². The van der Waals surface area contributed by atoms with Gasteiger partial charge in [0.15, 0.2) is 0 Å². The van der Waals surface area contributed by atoms with Crippen molar-refractivity contribution in [3.05, 3.63) is 16.0 Å². The summed E-state index contributed by atoms with van der Waals surface area (Å²) in [4.78, 5) is 36.9. The SMILES string of the molecule is CCC(CC)(CC(=O)Nc1sc2c(c1C(N)=O)CCCC2)C(=O)O. The van der Waals surface area contributed by atoms with Gasteiger partial charge in [-0.25, -0.2) is 0 Å². The highest BCUT2D eigenvalue weighted by Gasteiger charge is 2.37. The van der Waals surface area contributed by atoms with Crippen molar-refractivity contribution in [2.24, 2.45) is 11.1 Å². The minimum Gasteiger partial charge on any atom is -0.481 e. The maximum Gasteiger partial charge on any atom is 0.310 e. The van der Waals surface area contributed by atoms with E-state index >= 15 is 0 Å². The second-order valence-electron chi connectivity index (χ2n) is 6.30. The Balaban J connectivity index is 2.24. The van der Waals surface area contributed by atoms with Crippen molar-refractivity contribution in [3.8, 4) is 0 Å². The molecule has 2 rings (SSSR count). The van der Waals surface area contributed by atoms with E-state index in [1.807, 2.05) is 0 Å². The molecule has 1 aliphatic carbocycles. The average Bonchev–Trinajstić information content (AvgIpc) is 2.90. The number of carboxylic acids is 1. The summed E-state index contributed by atoms with van der Waals surface area (Å²) in [6.07, 6.45) is 4.38. The van der Waals surface area contributed by atoms with E-state index in [2.05, 4.69) is 5.32 Å². The van der Waals surface area contributed by atoms with Gasteiger partial charge < -0.3 is 16.2 Å². The number of aryl methyl sites for hydroxylation is 1. The van der Waals surface area contributed by atoms with Gasteiger partial charge in [-0.05, 0) is 44.1 Å². The first-order valence-corrected chi connectivity index (χ1v) is 9.13. The molecule has 7 heteroatoms. The average molecular weight is 352 g/mol. The van der Waals surface area contributed by atoms with Gasteiger partial charge in [0.1, 0.15) is 5.00 Å². The van der Waals surface area contributed by atoms with Crippen LogP contribution in [0.4, 0.5) is 5.00 Å². The third-order valence-electron chi connectivity index (χ3n) is 4.98. The fraction of sp³-hybridized carbons (Fsp3) is 0.588. The van der Waals surface area contributed by atoms with Crippen molar-refractivity contribution in [1.29, 1.82) is 0 Å². The number of carbonyl (C=O) groups excluding carboxylic acids is 2. The summed E-state index contributed by atoms with van der Waals surface area (Å²) in [5.74, 6) is -1.90. The number of hydrogen-bond acceptors (Lipinski definition) is 4. The van der Waals surface area contributed by atoms with Crippen LogP contribution in [0, 0.1) is 5.41 Å². The number of nitrogens with one attached hydrogen (secondary N) is 1. The van der Waals surface area contributed by atoms with Crippen molar-refractivity contribution in [1.82, 2.24) is 0 Å². The summed E-state index contributed by atoms with van der Waals surface area (Å²) in [6.45, 7) is 3.53. The summed E-state index contributed by atoms with van der Waals surface area (Å²) in [7, 11) is 0. The molecule has 4 N–H and O–H groups in total. The quantitative estimate of drug-likeness (QED) is 0.701. The molecular weight excluding hydrogens is 328 g/mol. The Morgan fingerprint density at radius 2 is 1.83 bits per heavy atom. The van der Waals surface area contributed by atoms with Gasteiger partial charge in [0.25, 0.3) is 5.91 Å². The first kappa shape index (κ1) is 18.4. The zero-order chi connectivity index (χ0) is 17.9. The van der Waals surface area contributed by atoms with Gasteiger partial charge in [-0.3, -0.25) is 14.4 Å². The van der Waals surface area contributed by atoms with E-state index in [0.29, 0.717) is 23.4 Å². The predicted octanol–water partition coefficient (Wildman–Crippen LogP) is 2.95. The van der Waals surface area contributed by atoms with Gasteiger partial charge in [0.05, 0.1) is 11.0 Å². The van der Waals surface area contributed by atoms with Crippen LogP contribution in [0.15, 0.2) is 0 Å². The number of amides is 2. The zero-order valence-electron chi connectivity index (χ0n) is 14.1. The summed E-state index contributed by atoms with van der Waals surface area (Å²) in [5.41, 5.74) is 5.78. The Morgan fingerprint density at radius 1 is 1.21 bits per heavy atom. The first-order valence-electron chi connectivity index (χ1n) is 8.32. The van der Waals surface area contributed by atoms with Crippen LogP contribution in [-0.4, -0.2) is 22.9 Å². The fourth-order valence-electron chi connectivity index (χ4n) is 3.27. The van der Waals surface area contributed by atoms with E-state index in [9.17, 15) is 19.5 Å². The maximum atomic E-state index is 12.4. The molecule has 1 aromatic heterocycles. The lowest BCUT2D eigenvalue weighted by molar-refractivity contribution is -0.151. The lowest BCUT2D eigenvalue weighted by atomic mass is 9.79. The molecule has 1 aromatic rings. The second-order valence-corrected chi connectivity index (χ2v) is 7.40. The maximum absolute atomic E-state index is 12.4. The first-order chi connectivity index (χ1) is 11.3. The molecule has 2 amide bonds. The topological polar surface area (TPSA) is 109 Å². The largest absolute Gasteiger partial charge is 0.481 e. The number of rotatable bonds is 7. The minimum absolute atomic E-state index is 0.115. The van der Waals surface area contributed by atoms with Gasteiger partial charge in [-0.2, -0.15) is 0 Å². The summed E-state index contributed by atoms with van der Waals surface area (Å²) in [5, 5.41) is 12.7. The summed E-state index contributed by atoms with van der Waals surface area (Å²) >= 11 is 1.39. The standard InChI is InChI=1S/C17H24N2O4S/c1-3-17(4-2,16(22)23)9-12(20)19-15-13(14(18)21)10-7-5-6-8-11(10)24-15/h3-9H2,1-2H3,(H2,18,21)(H,19,20)(H,22,23). The molecule has 24 heavy (non-hydrogen) atoms. The highest BCUT2D eigenvalue weighted by Crippen LogP contribution is 2.38. The Morgan fingerprint density at radius 3 is 2.38 bits per heavy atom. The number of primary amides is 1. The van der Waals surface area contributed by atoms with Crippen LogP contribution in [0.1, 0.15) is 66.8 Å². The van der Waals surface area contributed by atoms with E-state index in [1.165, 1.54) is 11.3 Å². The number of thiophene rings is 1. The monoisotopic (exact) mass is 352 g/mol. The van der Waals surface area contributed by atoms with Crippen LogP contribution in [-0.2, 0) is 22.4 Å². The molecular formula is C17H24N2O4S. The Hall–Kier alpha value is -1.89. The number of nitrogens with two attached hydrogens (primary N) is 1. The molecule has 0 saturated heterocycles. The number of carbonyl (C=O) groups is 3. The smallest absolute Gasteiger partial charge is 0.310 e. The van der Waals surface area contributed by atoms with Gasteiger partial charge in [-0.15, -0.1) is 11.3 Å². The third kappa shape index (κ3) is 3.45. The molecule has 0 spiro atoms. The van der Waals surface area contributed by atoms with E-state index in [4.69, 9.17) is 5.73 Å². The number of fused-ring (bicyclic) bond motifs is 1. The molecule has 6 nitrogen and oxygen atoms in total. The molecule has 0 atom stereocenters. The van der Waals surface area contributed by atoms with Crippen molar-refractivity contribution < 1.29 is 19.5 Å². The Labute approximate surface area is 145 Å². The number of aliphatic carboxylic acids is 1. The highest BCUT2D eigenvalue weighted by molar-refractivity contribution is 7.17. The molecule has 0 bridgehead atoms. The molecule has 0 fully saturated rings. The van der Waals surface area contributed by atoms with Crippen molar-refractivity contribution >= 4 is 34.1 Å². The molecule has 0 unspecified atom stereocenters. The third-order valence-corrected chi connectivity index (χ3v) is 6.18. The van der Waals surface area contributed by atoms with Crippen molar-refractivity contribution in [2.45, 2.75) is 58.8 Å². The van der Waals surface area contributed by atoms with Crippen LogP contribution in [0.5, 0.6) is 0 Å². The van der Waals surface area contributed by atoms with E-state index < -0.39 is 17.3 Å².